The molecule has 11 heavy (non-hydrogen) atoms. The molecule has 0 spiro atoms. The van der Waals surface area contributed by atoms with Crippen molar-refractivity contribution in [3.63, 3.8) is 0 Å². The molecule has 0 amide bonds. The van der Waals surface area contributed by atoms with Gasteiger partial charge in [-0.25, -0.2) is 0 Å². The Morgan fingerprint density at radius 3 is 2.64 bits per heavy atom. The van der Waals surface area contributed by atoms with E-state index >= 15 is 0 Å². The van der Waals surface area contributed by atoms with Gasteiger partial charge in [0.25, 0.3) is 0 Å². The van der Waals surface area contributed by atoms with Crippen LogP contribution < -0.4 is 0 Å². The zero-order valence-corrected chi connectivity index (χ0v) is 5.60. The van der Waals surface area contributed by atoms with Crippen molar-refractivity contribution in [2.24, 2.45) is 5.16 Å². The third kappa shape index (κ3) is 1.40. The van der Waals surface area contributed by atoms with Crippen LogP contribution in [0.3, 0.4) is 0 Å². The zero-order valence-electron chi connectivity index (χ0n) is 5.60. The lowest BCUT2D eigenvalue weighted by atomic mass is 10.2. The van der Waals surface area contributed by atoms with Gasteiger partial charge in [-0.1, -0.05) is 11.2 Å². The lowest BCUT2D eigenvalue weighted by Gasteiger charge is -1.98. The average Bonchev–Trinajstić information content (AvgIpc) is 1.99. The monoisotopic (exact) mass is 153 g/mol. The molecule has 0 bridgehead atoms. The van der Waals surface area contributed by atoms with Crippen LogP contribution >= 0.6 is 0 Å². The van der Waals surface area contributed by atoms with E-state index in [9.17, 15) is 0 Å². The first-order valence-corrected chi connectivity index (χ1v) is 2.94. The summed E-state index contributed by atoms with van der Waals surface area (Å²) in [5, 5.41) is 28.8. The predicted molar refractivity (Wildman–Crippen MR) is 39.2 cm³/mol. The van der Waals surface area contributed by atoms with Crippen LogP contribution in [0.25, 0.3) is 0 Å². The number of para-hydroxylation sites is 1. The van der Waals surface area contributed by atoms with Crippen LogP contribution in [-0.4, -0.2) is 21.6 Å². The maximum atomic E-state index is 9.08. The van der Waals surface area contributed by atoms with E-state index in [1.54, 1.807) is 0 Å². The summed E-state index contributed by atoms with van der Waals surface area (Å²) >= 11 is 0. The molecular weight excluding hydrogens is 146 g/mol. The number of oxime groups is 1. The third-order valence-corrected chi connectivity index (χ3v) is 1.24. The van der Waals surface area contributed by atoms with E-state index in [0.29, 0.717) is 0 Å². The van der Waals surface area contributed by atoms with Crippen LogP contribution in [0, 0.1) is 0 Å². The van der Waals surface area contributed by atoms with Crippen molar-refractivity contribution in [2.45, 2.75) is 0 Å². The predicted octanol–water partition coefficient (Wildman–Crippen LogP) is 0.906. The highest BCUT2D eigenvalue weighted by atomic mass is 16.4. The molecule has 0 fully saturated rings. The van der Waals surface area contributed by atoms with Crippen LogP contribution in [0.2, 0.25) is 0 Å². The summed E-state index contributed by atoms with van der Waals surface area (Å²) in [4.78, 5) is 0. The standard InChI is InChI=1S/C7H7NO3/c9-6-3-1-2-5(4-8-11)7(6)10/h1-4,9-11H/b8-4+. The lowest BCUT2D eigenvalue weighted by Crippen LogP contribution is -1.81. The SMILES string of the molecule is O/N=C/c1cccc(O)c1O. The quantitative estimate of drug-likeness (QED) is 0.243. The summed E-state index contributed by atoms with van der Waals surface area (Å²) in [5.74, 6) is -0.521. The largest absolute Gasteiger partial charge is 0.504 e. The number of hydrogen-bond donors (Lipinski definition) is 3. The second-order valence-electron chi connectivity index (χ2n) is 1.96. The number of aromatic hydroxyl groups is 2. The Labute approximate surface area is 63.0 Å². The summed E-state index contributed by atoms with van der Waals surface area (Å²) in [5.41, 5.74) is 0.271. The summed E-state index contributed by atoms with van der Waals surface area (Å²) < 4.78 is 0. The van der Waals surface area contributed by atoms with E-state index in [-0.39, 0.29) is 17.1 Å². The summed E-state index contributed by atoms with van der Waals surface area (Å²) in [7, 11) is 0. The fraction of sp³-hybridized carbons (Fsp3) is 0. The lowest BCUT2D eigenvalue weighted by molar-refractivity contribution is 0.321. The van der Waals surface area contributed by atoms with Crippen LogP contribution in [0.4, 0.5) is 0 Å². The van der Waals surface area contributed by atoms with E-state index in [4.69, 9.17) is 15.4 Å². The molecule has 1 aromatic carbocycles. The van der Waals surface area contributed by atoms with Crippen LogP contribution in [0.15, 0.2) is 23.4 Å². The Kier molecular flexibility index (Phi) is 1.96. The number of benzene rings is 1. The second kappa shape index (κ2) is 2.92. The van der Waals surface area contributed by atoms with Crippen LogP contribution in [0.1, 0.15) is 5.56 Å². The van der Waals surface area contributed by atoms with Gasteiger partial charge in [-0.15, -0.1) is 0 Å². The van der Waals surface area contributed by atoms with E-state index in [2.05, 4.69) is 5.16 Å². The first kappa shape index (κ1) is 7.40. The van der Waals surface area contributed by atoms with Gasteiger partial charge >= 0.3 is 0 Å². The molecule has 0 heterocycles. The average molecular weight is 153 g/mol. The molecule has 0 aromatic heterocycles. The van der Waals surface area contributed by atoms with Crippen molar-refractivity contribution >= 4 is 6.21 Å². The van der Waals surface area contributed by atoms with E-state index in [0.717, 1.165) is 6.21 Å². The number of rotatable bonds is 1. The molecule has 1 aromatic rings. The highest BCUT2D eigenvalue weighted by molar-refractivity contribution is 5.84. The molecule has 4 heteroatoms. The minimum absolute atomic E-state index is 0.234. The molecule has 58 valence electrons. The van der Waals surface area contributed by atoms with Gasteiger partial charge in [-0.3, -0.25) is 0 Å². The summed E-state index contributed by atoms with van der Waals surface area (Å²) in [6, 6.07) is 4.38. The van der Waals surface area contributed by atoms with Crippen molar-refractivity contribution in [1.82, 2.24) is 0 Å². The van der Waals surface area contributed by atoms with Crippen molar-refractivity contribution in [2.75, 3.05) is 0 Å². The fourth-order valence-corrected chi connectivity index (χ4v) is 0.715. The minimum Gasteiger partial charge on any atom is -0.504 e. The molecule has 0 unspecified atom stereocenters. The fourth-order valence-electron chi connectivity index (χ4n) is 0.715. The zero-order chi connectivity index (χ0) is 8.27. The minimum atomic E-state index is -0.287. The van der Waals surface area contributed by atoms with E-state index < -0.39 is 0 Å². The van der Waals surface area contributed by atoms with Gasteiger partial charge in [0.05, 0.1) is 6.21 Å². The Balaban J connectivity index is 3.16. The van der Waals surface area contributed by atoms with Gasteiger partial charge in [0.1, 0.15) is 0 Å². The molecule has 3 N–H and O–H groups in total. The highest BCUT2D eigenvalue weighted by Crippen LogP contribution is 2.26. The van der Waals surface area contributed by atoms with Gasteiger partial charge < -0.3 is 15.4 Å². The van der Waals surface area contributed by atoms with Crippen molar-refractivity contribution in [3.05, 3.63) is 23.8 Å². The molecule has 0 saturated heterocycles. The maximum absolute atomic E-state index is 9.08. The van der Waals surface area contributed by atoms with Crippen molar-refractivity contribution < 1.29 is 15.4 Å². The van der Waals surface area contributed by atoms with Gasteiger partial charge in [-0.05, 0) is 12.1 Å². The number of phenolic OH excluding ortho intramolecular Hbond substituents is 2. The Hall–Kier alpha value is -1.71. The van der Waals surface area contributed by atoms with Crippen LogP contribution in [0.5, 0.6) is 11.5 Å². The Morgan fingerprint density at radius 1 is 1.27 bits per heavy atom. The first-order chi connectivity index (χ1) is 5.25. The third-order valence-electron chi connectivity index (χ3n) is 1.24. The molecule has 0 saturated carbocycles. The first-order valence-electron chi connectivity index (χ1n) is 2.94. The number of nitrogens with zero attached hydrogens (tertiary/aromatic N) is 1. The topological polar surface area (TPSA) is 73.1 Å². The second-order valence-corrected chi connectivity index (χ2v) is 1.96. The Morgan fingerprint density at radius 2 is 2.00 bits per heavy atom. The van der Waals surface area contributed by atoms with E-state index in [1.807, 2.05) is 0 Å². The molecular formula is C7H7NO3. The molecule has 0 radical (unpaired) electrons. The van der Waals surface area contributed by atoms with Gasteiger partial charge in [-0.2, -0.15) is 0 Å². The number of hydrogen-bond acceptors (Lipinski definition) is 4. The summed E-state index contributed by atoms with van der Waals surface area (Å²) in [6.45, 7) is 0. The van der Waals surface area contributed by atoms with Gasteiger partial charge in [0.2, 0.25) is 0 Å². The van der Waals surface area contributed by atoms with Gasteiger partial charge in [0, 0.05) is 5.56 Å². The van der Waals surface area contributed by atoms with Crippen molar-refractivity contribution in [1.29, 1.82) is 0 Å². The Bertz CT molecular complexity index is 283. The normalized spacial score (nSPS) is 10.5. The van der Waals surface area contributed by atoms with Gasteiger partial charge in [0.15, 0.2) is 11.5 Å². The molecule has 0 aliphatic carbocycles. The maximum Gasteiger partial charge on any atom is 0.166 e. The van der Waals surface area contributed by atoms with Crippen LogP contribution in [-0.2, 0) is 0 Å². The summed E-state index contributed by atoms with van der Waals surface area (Å²) in [6.07, 6.45) is 1.04. The molecule has 0 aliphatic rings. The van der Waals surface area contributed by atoms with E-state index in [1.165, 1.54) is 18.2 Å². The highest BCUT2D eigenvalue weighted by Gasteiger charge is 2.01. The van der Waals surface area contributed by atoms with Crippen molar-refractivity contribution in [3.8, 4) is 11.5 Å². The number of phenols is 2. The molecule has 1 rings (SSSR count). The molecule has 0 aliphatic heterocycles. The smallest absolute Gasteiger partial charge is 0.166 e. The molecule has 4 nitrogen and oxygen atoms in total. The molecule has 0 atom stereocenters.